The fourth-order valence-corrected chi connectivity index (χ4v) is 2.33. The number of carbonyl (C=O) groups excluding carboxylic acids is 1. The molecule has 0 radical (unpaired) electrons. The lowest BCUT2D eigenvalue weighted by Crippen LogP contribution is -2.40. The Hall–Kier alpha value is -0.720. The third-order valence-electron chi connectivity index (χ3n) is 3.36. The van der Waals surface area contributed by atoms with Crippen LogP contribution in [0, 0.1) is 5.92 Å². The van der Waals surface area contributed by atoms with Gasteiger partial charge in [-0.25, -0.2) is 0 Å². The van der Waals surface area contributed by atoms with Crippen molar-refractivity contribution in [3.05, 3.63) is 22.2 Å². The number of ether oxygens (including phenoxy) is 2. The van der Waals surface area contributed by atoms with Crippen LogP contribution in [0.5, 0.6) is 5.75 Å². The summed E-state index contributed by atoms with van der Waals surface area (Å²) in [6.07, 6.45) is 0.822. The van der Waals surface area contributed by atoms with Crippen LogP contribution in [-0.2, 0) is 9.53 Å². The Bertz CT molecular complexity index is 492. The van der Waals surface area contributed by atoms with E-state index in [9.17, 15) is 4.79 Å². The highest BCUT2D eigenvalue weighted by atomic mass is 35.5. The van der Waals surface area contributed by atoms with E-state index < -0.39 is 6.04 Å². The number of benzene rings is 1. The molecule has 132 valence electrons. The first-order valence-corrected chi connectivity index (χ1v) is 7.83. The minimum atomic E-state index is -0.583. The number of rotatable bonds is 8. The first-order valence-electron chi connectivity index (χ1n) is 7.07. The summed E-state index contributed by atoms with van der Waals surface area (Å²) in [5.74, 6) is 0.182. The Morgan fingerprint density at radius 2 is 1.87 bits per heavy atom. The lowest BCUT2D eigenvalue weighted by atomic mass is 9.99. The third-order valence-corrected chi connectivity index (χ3v) is 3.92. The van der Waals surface area contributed by atoms with Gasteiger partial charge in [0.25, 0.3) is 0 Å². The van der Waals surface area contributed by atoms with Crippen molar-refractivity contribution in [3.63, 3.8) is 0 Å². The molecule has 0 saturated heterocycles. The van der Waals surface area contributed by atoms with Crippen LogP contribution < -0.4 is 15.8 Å². The second-order valence-electron chi connectivity index (χ2n) is 5.01. The molecule has 5 nitrogen and oxygen atoms in total. The van der Waals surface area contributed by atoms with Crippen molar-refractivity contribution in [2.75, 3.05) is 25.6 Å². The summed E-state index contributed by atoms with van der Waals surface area (Å²) in [7, 11) is 1.58. The third kappa shape index (κ3) is 6.73. The van der Waals surface area contributed by atoms with Crippen LogP contribution in [0.2, 0.25) is 10.0 Å². The van der Waals surface area contributed by atoms with E-state index in [2.05, 4.69) is 5.32 Å². The summed E-state index contributed by atoms with van der Waals surface area (Å²) in [5, 5.41) is 3.35. The molecule has 1 rings (SSSR count). The maximum Gasteiger partial charge on any atom is 0.241 e. The standard InChI is InChI=1S/C15H22Cl2N2O3.ClH/c1-4-9(2)13(18)15(20)19-10-7-11(16)14(12(17)8-10)22-6-5-21-3;/h7-9,13H,4-6,18H2,1-3H3,(H,19,20);1H. The molecule has 0 aliphatic heterocycles. The van der Waals surface area contributed by atoms with Gasteiger partial charge in [-0.2, -0.15) is 0 Å². The van der Waals surface area contributed by atoms with Crippen molar-refractivity contribution >= 4 is 47.2 Å². The number of halogens is 3. The lowest BCUT2D eigenvalue weighted by Gasteiger charge is -2.18. The van der Waals surface area contributed by atoms with Crippen molar-refractivity contribution in [2.45, 2.75) is 26.3 Å². The summed E-state index contributed by atoms with van der Waals surface area (Å²) < 4.78 is 10.3. The highest BCUT2D eigenvalue weighted by Gasteiger charge is 2.20. The molecular weight excluding hydrogens is 363 g/mol. The van der Waals surface area contributed by atoms with E-state index in [0.29, 0.717) is 34.7 Å². The SMILES string of the molecule is CCC(C)C(N)C(=O)Nc1cc(Cl)c(OCCOC)c(Cl)c1.Cl. The Balaban J connectivity index is 0.00000484. The zero-order chi connectivity index (χ0) is 16.7. The average Bonchev–Trinajstić information content (AvgIpc) is 2.48. The first kappa shape index (κ1) is 22.3. The van der Waals surface area contributed by atoms with E-state index in [0.717, 1.165) is 6.42 Å². The number of amides is 1. The van der Waals surface area contributed by atoms with Crippen molar-refractivity contribution in [3.8, 4) is 5.75 Å². The largest absolute Gasteiger partial charge is 0.488 e. The van der Waals surface area contributed by atoms with Gasteiger partial charge in [0, 0.05) is 12.8 Å². The van der Waals surface area contributed by atoms with Gasteiger partial charge < -0.3 is 20.5 Å². The average molecular weight is 386 g/mol. The summed E-state index contributed by atoms with van der Waals surface area (Å²) in [4.78, 5) is 12.1. The molecule has 0 saturated carbocycles. The van der Waals surface area contributed by atoms with Gasteiger partial charge in [0.15, 0.2) is 5.75 Å². The molecule has 0 aromatic heterocycles. The number of anilines is 1. The minimum absolute atomic E-state index is 0. The highest BCUT2D eigenvalue weighted by molar-refractivity contribution is 6.37. The maximum atomic E-state index is 12.1. The normalized spacial score (nSPS) is 13.0. The molecule has 0 spiro atoms. The fourth-order valence-electron chi connectivity index (χ4n) is 1.73. The molecule has 2 atom stereocenters. The molecule has 3 N–H and O–H groups in total. The number of hydrogen-bond donors (Lipinski definition) is 2. The van der Waals surface area contributed by atoms with Gasteiger partial charge in [-0.05, 0) is 18.1 Å². The molecule has 1 aromatic rings. The van der Waals surface area contributed by atoms with E-state index in [-0.39, 0.29) is 24.2 Å². The van der Waals surface area contributed by atoms with Crippen molar-refractivity contribution in [1.82, 2.24) is 0 Å². The number of carbonyl (C=O) groups is 1. The van der Waals surface area contributed by atoms with E-state index in [1.54, 1.807) is 19.2 Å². The Morgan fingerprint density at radius 1 is 1.30 bits per heavy atom. The highest BCUT2D eigenvalue weighted by Crippen LogP contribution is 2.36. The second-order valence-corrected chi connectivity index (χ2v) is 5.83. The molecule has 1 amide bonds. The molecule has 0 fully saturated rings. The maximum absolute atomic E-state index is 12.1. The topological polar surface area (TPSA) is 73.6 Å². The summed E-state index contributed by atoms with van der Waals surface area (Å²) in [5.41, 5.74) is 6.37. The van der Waals surface area contributed by atoms with Crippen molar-refractivity contribution < 1.29 is 14.3 Å². The molecule has 0 aliphatic rings. The molecule has 0 heterocycles. The Kier molecular flexibility index (Phi) is 10.6. The van der Waals surface area contributed by atoms with Crippen LogP contribution in [-0.4, -0.2) is 32.3 Å². The van der Waals surface area contributed by atoms with Crippen molar-refractivity contribution in [2.24, 2.45) is 11.7 Å². The predicted octanol–water partition coefficient (Wildman–Crippen LogP) is 3.75. The van der Waals surface area contributed by atoms with Gasteiger partial charge in [0.1, 0.15) is 6.61 Å². The Morgan fingerprint density at radius 3 is 2.35 bits per heavy atom. The van der Waals surface area contributed by atoms with E-state index in [1.165, 1.54) is 0 Å². The van der Waals surface area contributed by atoms with Crippen LogP contribution in [0.25, 0.3) is 0 Å². The zero-order valence-electron chi connectivity index (χ0n) is 13.4. The Labute approximate surface area is 153 Å². The first-order chi connectivity index (χ1) is 10.4. The van der Waals surface area contributed by atoms with Crippen LogP contribution >= 0.6 is 35.6 Å². The van der Waals surface area contributed by atoms with Crippen LogP contribution in [0.4, 0.5) is 5.69 Å². The predicted molar refractivity (Wildman–Crippen MR) is 97.1 cm³/mol. The molecule has 8 heteroatoms. The van der Waals surface area contributed by atoms with Gasteiger partial charge in [-0.3, -0.25) is 4.79 Å². The number of nitrogens with two attached hydrogens (primary N) is 1. The summed E-state index contributed by atoms with van der Waals surface area (Å²) >= 11 is 12.3. The molecule has 0 aliphatic carbocycles. The molecular formula is C15H23Cl3N2O3. The quantitative estimate of drug-likeness (QED) is 0.668. The van der Waals surface area contributed by atoms with Crippen LogP contribution in [0.3, 0.4) is 0 Å². The molecule has 0 bridgehead atoms. The van der Waals surface area contributed by atoms with Gasteiger partial charge in [-0.15, -0.1) is 12.4 Å². The molecule has 1 aromatic carbocycles. The van der Waals surface area contributed by atoms with Gasteiger partial charge in [-0.1, -0.05) is 43.5 Å². The second kappa shape index (κ2) is 10.9. The molecule has 23 heavy (non-hydrogen) atoms. The van der Waals surface area contributed by atoms with Crippen molar-refractivity contribution in [1.29, 1.82) is 0 Å². The van der Waals surface area contributed by atoms with E-state index in [1.807, 2.05) is 13.8 Å². The van der Waals surface area contributed by atoms with Crippen LogP contribution in [0.1, 0.15) is 20.3 Å². The fraction of sp³-hybridized carbons (Fsp3) is 0.533. The number of methoxy groups -OCH3 is 1. The van der Waals surface area contributed by atoms with E-state index in [4.69, 9.17) is 38.4 Å². The lowest BCUT2D eigenvalue weighted by molar-refractivity contribution is -0.118. The smallest absolute Gasteiger partial charge is 0.241 e. The zero-order valence-corrected chi connectivity index (χ0v) is 15.7. The molecule has 2 unspecified atom stereocenters. The number of nitrogens with one attached hydrogen (secondary N) is 1. The summed E-state index contributed by atoms with van der Waals surface area (Å²) in [6.45, 7) is 4.67. The number of hydrogen-bond acceptors (Lipinski definition) is 4. The summed E-state index contributed by atoms with van der Waals surface area (Å²) in [6, 6.07) is 2.58. The van der Waals surface area contributed by atoms with Crippen LogP contribution in [0.15, 0.2) is 12.1 Å². The van der Waals surface area contributed by atoms with E-state index >= 15 is 0 Å². The van der Waals surface area contributed by atoms with Gasteiger partial charge in [0.05, 0.1) is 22.7 Å². The van der Waals surface area contributed by atoms with Gasteiger partial charge >= 0.3 is 0 Å². The minimum Gasteiger partial charge on any atom is -0.488 e. The van der Waals surface area contributed by atoms with Gasteiger partial charge in [0.2, 0.25) is 5.91 Å². The monoisotopic (exact) mass is 384 g/mol.